The molecular weight excluding hydrogens is 262 g/mol. The summed E-state index contributed by atoms with van der Waals surface area (Å²) in [4.78, 5) is 15.0. The number of carbonyl (C=O) groups is 1. The minimum atomic E-state index is -1.15. The summed E-state index contributed by atoms with van der Waals surface area (Å²) in [6.45, 7) is 0. The average Bonchev–Trinajstić information content (AvgIpc) is 2.89. The highest BCUT2D eigenvalue weighted by Crippen LogP contribution is 2.19. The van der Waals surface area contributed by atoms with Gasteiger partial charge in [-0.2, -0.15) is 0 Å². The molecule has 2 N–H and O–H groups in total. The Labute approximate surface area is 113 Å². The van der Waals surface area contributed by atoms with Crippen LogP contribution in [-0.4, -0.2) is 10.9 Å². The molecule has 100 valence electrons. The molecule has 0 spiro atoms. The second kappa shape index (κ2) is 4.77. The Bertz CT molecular complexity index is 795. The Hall–Kier alpha value is -2.69. The normalized spacial score (nSPS) is 10.7. The van der Waals surface area contributed by atoms with Gasteiger partial charge in [-0.05, 0) is 36.4 Å². The maximum Gasteiger partial charge on any atom is 0.258 e. The third-order valence-electron chi connectivity index (χ3n) is 3.01. The first kappa shape index (κ1) is 12.3. The number of nitrogens with one attached hydrogen (secondary N) is 2. The molecule has 0 saturated carbocycles. The van der Waals surface area contributed by atoms with Gasteiger partial charge in [0.05, 0.1) is 5.56 Å². The van der Waals surface area contributed by atoms with Crippen molar-refractivity contribution >= 4 is 22.5 Å². The molecule has 0 atom stereocenters. The van der Waals surface area contributed by atoms with E-state index in [-0.39, 0.29) is 5.56 Å². The molecule has 1 amide bonds. The van der Waals surface area contributed by atoms with Crippen molar-refractivity contribution < 1.29 is 13.6 Å². The van der Waals surface area contributed by atoms with E-state index >= 15 is 0 Å². The summed E-state index contributed by atoms with van der Waals surface area (Å²) in [5, 5.41) is 3.47. The minimum absolute atomic E-state index is 0.320. The first-order valence-electron chi connectivity index (χ1n) is 5.97. The molecule has 3 aromatic rings. The molecule has 5 heteroatoms. The van der Waals surface area contributed by atoms with Crippen molar-refractivity contribution in [2.75, 3.05) is 5.32 Å². The first-order chi connectivity index (χ1) is 9.65. The molecule has 0 radical (unpaired) electrons. The predicted octanol–water partition coefficient (Wildman–Crippen LogP) is 3.70. The van der Waals surface area contributed by atoms with Crippen LogP contribution >= 0.6 is 0 Å². The van der Waals surface area contributed by atoms with E-state index in [1.54, 1.807) is 24.4 Å². The van der Waals surface area contributed by atoms with Crippen LogP contribution in [-0.2, 0) is 0 Å². The van der Waals surface area contributed by atoms with Crippen molar-refractivity contribution in [1.82, 2.24) is 4.98 Å². The van der Waals surface area contributed by atoms with E-state index in [1.165, 1.54) is 12.1 Å². The summed E-state index contributed by atoms with van der Waals surface area (Å²) in [5.41, 5.74) is 1.13. The SMILES string of the molecule is O=C(Nc1ccc2[nH]ccc2c1)c1cccc(F)c1F. The number of amides is 1. The van der Waals surface area contributed by atoms with Crippen LogP contribution < -0.4 is 5.32 Å². The molecule has 2 aromatic carbocycles. The van der Waals surface area contributed by atoms with Gasteiger partial charge < -0.3 is 10.3 Å². The standard InChI is InChI=1S/C15H10F2N2O/c16-12-3-1-2-11(14(12)17)15(20)19-10-4-5-13-9(8-10)6-7-18-13/h1-8,18H,(H,19,20). The Morgan fingerprint density at radius 1 is 1.10 bits per heavy atom. The van der Waals surface area contributed by atoms with Crippen LogP contribution in [0, 0.1) is 11.6 Å². The number of aromatic nitrogens is 1. The number of fused-ring (bicyclic) bond motifs is 1. The molecule has 3 nitrogen and oxygen atoms in total. The summed E-state index contributed by atoms with van der Waals surface area (Å²) in [6, 6.07) is 10.6. The number of hydrogen-bond donors (Lipinski definition) is 2. The van der Waals surface area contributed by atoms with Gasteiger partial charge in [0.15, 0.2) is 11.6 Å². The van der Waals surface area contributed by atoms with Gasteiger partial charge in [-0.3, -0.25) is 4.79 Å². The second-order valence-corrected chi connectivity index (χ2v) is 4.34. The van der Waals surface area contributed by atoms with Gasteiger partial charge in [-0.15, -0.1) is 0 Å². The zero-order valence-electron chi connectivity index (χ0n) is 10.3. The van der Waals surface area contributed by atoms with Crippen molar-refractivity contribution in [2.45, 2.75) is 0 Å². The van der Waals surface area contributed by atoms with Crippen molar-refractivity contribution in [2.24, 2.45) is 0 Å². The fraction of sp³-hybridized carbons (Fsp3) is 0. The second-order valence-electron chi connectivity index (χ2n) is 4.34. The summed E-state index contributed by atoms with van der Waals surface area (Å²) >= 11 is 0. The number of hydrogen-bond acceptors (Lipinski definition) is 1. The molecule has 0 saturated heterocycles. The number of halogens is 2. The number of benzene rings is 2. The highest BCUT2D eigenvalue weighted by atomic mass is 19.2. The number of aromatic amines is 1. The van der Waals surface area contributed by atoms with Crippen molar-refractivity contribution in [3.63, 3.8) is 0 Å². The van der Waals surface area contributed by atoms with Gasteiger partial charge in [0, 0.05) is 22.8 Å². The summed E-state index contributed by atoms with van der Waals surface area (Å²) in [5.74, 6) is -2.87. The smallest absolute Gasteiger partial charge is 0.258 e. The largest absolute Gasteiger partial charge is 0.361 e. The molecular formula is C15H10F2N2O. The van der Waals surface area contributed by atoms with E-state index in [0.29, 0.717) is 5.69 Å². The van der Waals surface area contributed by atoms with Gasteiger partial charge in [-0.1, -0.05) is 6.07 Å². The van der Waals surface area contributed by atoms with Gasteiger partial charge in [-0.25, -0.2) is 8.78 Å². The van der Waals surface area contributed by atoms with E-state index in [9.17, 15) is 13.6 Å². The Kier molecular flexibility index (Phi) is 2.95. The maximum atomic E-state index is 13.5. The van der Waals surface area contributed by atoms with Crippen molar-refractivity contribution in [3.05, 3.63) is 65.9 Å². The van der Waals surface area contributed by atoms with Crippen LogP contribution in [0.1, 0.15) is 10.4 Å². The van der Waals surface area contributed by atoms with Crippen LogP contribution in [0.25, 0.3) is 10.9 Å². The molecule has 1 aromatic heterocycles. The lowest BCUT2D eigenvalue weighted by molar-refractivity contribution is 0.102. The number of H-pyrrole nitrogens is 1. The third kappa shape index (κ3) is 2.14. The van der Waals surface area contributed by atoms with Crippen LogP contribution in [0.3, 0.4) is 0 Å². The molecule has 3 rings (SSSR count). The molecule has 1 heterocycles. The summed E-state index contributed by atoms with van der Waals surface area (Å²) in [6.07, 6.45) is 1.78. The van der Waals surface area contributed by atoms with Gasteiger partial charge >= 0.3 is 0 Å². The van der Waals surface area contributed by atoms with E-state index in [0.717, 1.165) is 17.0 Å². The predicted molar refractivity (Wildman–Crippen MR) is 72.6 cm³/mol. The lowest BCUT2D eigenvalue weighted by atomic mass is 10.1. The van der Waals surface area contributed by atoms with Crippen molar-refractivity contribution in [1.29, 1.82) is 0 Å². The van der Waals surface area contributed by atoms with Crippen LogP contribution in [0.15, 0.2) is 48.7 Å². The van der Waals surface area contributed by atoms with Crippen LogP contribution in [0.5, 0.6) is 0 Å². The zero-order valence-corrected chi connectivity index (χ0v) is 10.3. The maximum absolute atomic E-state index is 13.5. The zero-order chi connectivity index (χ0) is 14.1. The molecule has 20 heavy (non-hydrogen) atoms. The highest BCUT2D eigenvalue weighted by molar-refractivity contribution is 6.05. The first-order valence-corrected chi connectivity index (χ1v) is 5.97. The fourth-order valence-corrected chi connectivity index (χ4v) is 2.01. The Morgan fingerprint density at radius 3 is 2.80 bits per heavy atom. The molecule has 0 aliphatic carbocycles. The lowest BCUT2D eigenvalue weighted by Gasteiger charge is -2.06. The van der Waals surface area contributed by atoms with E-state index in [2.05, 4.69) is 10.3 Å². The van der Waals surface area contributed by atoms with Gasteiger partial charge in [0.2, 0.25) is 0 Å². The monoisotopic (exact) mass is 272 g/mol. The Morgan fingerprint density at radius 2 is 1.95 bits per heavy atom. The van der Waals surface area contributed by atoms with Gasteiger partial charge in [0.1, 0.15) is 0 Å². The quantitative estimate of drug-likeness (QED) is 0.734. The Balaban J connectivity index is 1.90. The highest BCUT2D eigenvalue weighted by Gasteiger charge is 2.15. The molecule has 0 unspecified atom stereocenters. The molecule has 0 aliphatic heterocycles. The van der Waals surface area contributed by atoms with Crippen molar-refractivity contribution in [3.8, 4) is 0 Å². The average molecular weight is 272 g/mol. The summed E-state index contributed by atoms with van der Waals surface area (Å²) in [7, 11) is 0. The molecule has 0 bridgehead atoms. The topological polar surface area (TPSA) is 44.9 Å². The number of carbonyl (C=O) groups excluding carboxylic acids is 1. The van der Waals surface area contributed by atoms with E-state index in [1.807, 2.05) is 6.07 Å². The summed E-state index contributed by atoms with van der Waals surface area (Å²) < 4.78 is 26.6. The van der Waals surface area contributed by atoms with E-state index in [4.69, 9.17) is 0 Å². The van der Waals surface area contributed by atoms with E-state index < -0.39 is 17.5 Å². The van der Waals surface area contributed by atoms with Gasteiger partial charge in [0.25, 0.3) is 5.91 Å². The third-order valence-corrected chi connectivity index (χ3v) is 3.01. The fourth-order valence-electron chi connectivity index (χ4n) is 2.01. The molecule has 0 fully saturated rings. The number of anilines is 1. The number of rotatable bonds is 2. The molecule has 0 aliphatic rings. The van der Waals surface area contributed by atoms with Crippen LogP contribution in [0.4, 0.5) is 14.5 Å². The lowest BCUT2D eigenvalue weighted by Crippen LogP contribution is -2.14. The van der Waals surface area contributed by atoms with Crippen LogP contribution in [0.2, 0.25) is 0 Å². The minimum Gasteiger partial charge on any atom is -0.361 e.